The number of nitro groups is 1. The van der Waals surface area contributed by atoms with Gasteiger partial charge in [0.15, 0.2) is 0 Å². The number of halogens is 1. The van der Waals surface area contributed by atoms with Gasteiger partial charge in [-0.15, -0.1) is 0 Å². The van der Waals surface area contributed by atoms with Gasteiger partial charge in [-0.2, -0.15) is 0 Å². The Hall–Kier alpha value is -2.08. The Morgan fingerprint density at radius 3 is 2.52 bits per heavy atom. The van der Waals surface area contributed by atoms with Crippen LogP contribution in [0.25, 0.3) is 0 Å². The predicted octanol–water partition coefficient (Wildman–Crippen LogP) is 4.60. The lowest BCUT2D eigenvalue weighted by Gasteiger charge is -2.11. The van der Waals surface area contributed by atoms with E-state index in [0.29, 0.717) is 11.5 Å². The van der Waals surface area contributed by atoms with E-state index in [1.54, 1.807) is 6.07 Å². The molecule has 0 aliphatic rings. The van der Waals surface area contributed by atoms with E-state index in [-0.39, 0.29) is 11.4 Å². The molecule has 6 heteroatoms. The molecular formula is C15H14BrNO4. The molecule has 0 saturated heterocycles. The smallest absolute Gasteiger partial charge is 0.311 e. The molecule has 0 aliphatic heterocycles. The summed E-state index contributed by atoms with van der Waals surface area (Å²) >= 11 is 3.39. The zero-order valence-corrected chi connectivity index (χ0v) is 13.2. The second-order valence-electron chi connectivity index (χ2n) is 4.43. The van der Waals surface area contributed by atoms with Crippen molar-refractivity contribution >= 4 is 21.6 Å². The molecule has 0 aliphatic carbocycles. The maximum absolute atomic E-state index is 11.1. The average molecular weight is 352 g/mol. The highest BCUT2D eigenvalue weighted by Gasteiger charge is 2.17. The van der Waals surface area contributed by atoms with Gasteiger partial charge in [0.25, 0.3) is 0 Å². The van der Waals surface area contributed by atoms with E-state index in [0.717, 1.165) is 16.5 Å². The minimum absolute atomic E-state index is 0.0974. The van der Waals surface area contributed by atoms with Crippen LogP contribution in [0.5, 0.6) is 17.2 Å². The lowest BCUT2D eigenvalue weighted by Crippen LogP contribution is -1.96. The number of nitrogens with zero attached hydrogens (tertiary/aromatic N) is 1. The Labute approximate surface area is 130 Å². The number of ether oxygens (including phenoxy) is 2. The molecule has 0 fully saturated rings. The highest BCUT2D eigenvalue weighted by molar-refractivity contribution is 9.08. The number of alkyl halides is 1. The standard InChI is InChI=1S/C15H14BrNO4/c1-10-7-11(9-16)3-6-14(10)21-15-8-12(20-2)4-5-13(15)17(18)19/h3-8H,9H2,1-2H3. The first-order valence-corrected chi connectivity index (χ1v) is 7.33. The second-order valence-corrected chi connectivity index (χ2v) is 4.99. The maximum atomic E-state index is 11.1. The van der Waals surface area contributed by atoms with E-state index in [1.165, 1.54) is 25.3 Å². The Kier molecular flexibility index (Phi) is 4.80. The summed E-state index contributed by atoms with van der Waals surface area (Å²) in [5.41, 5.74) is 1.92. The van der Waals surface area contributed by atoms with E-state index < -0.39 is 4.92 Å². The molecule has 0 radical (unpaired) electrons. The van der Waals surface area contributed by atoms with Gasteiger partial charge < -0.3 is 9.47 Å². The van der Waals surface area contributed by atoms with Gasteiger partial charge in [-0.1, -0.05) is 28.1 Å². The van der Waals surface area contributed by atoms with E-state index in [4.69, 9.17) is 9.47 Å². The van der Waals surface area contributed by atoms with Crippen molar-refractivity contribution in [2.45, 2.75) is 12.3 Å². The predicted molar refractivity (Wildman–Crippen MR) is 83.5 cm³/mol. The average Bonchev–Trinajstić information content (AvgIpc) is 2.48. The Balaban J connectivity index is 2.40. The number of benzene rings is 2. The second kappa shape index (κ2) is 6.58. The summed E-state index contributed by atoms with van der Waals surface area (Å²) in [6, 6.07) is 10.1. The van der Waals surface area contributed by atoms with Crippen molar-refractivity contribution in [3.8, 4) is 17.2 Å². The normalized spacial score (nSPS) is 10.2. The lowest BCUT2D eigenvalue weighted by molar-refractivity contribution is -0.385. The minimum atomic E-state index is -0.475. The third-order valence-electron chi connectivity index (χ3n) is 2.98. The topological polar surface area (TPSA) is 61.6 Å². The van der Waals surface area contributed by atoms with E-state index in [9.17, 15) is 10.1 Å². The molecule has 0 N–H and O–H groups in total. The van der Waals surface area contributed by atoms with Crippen LogP contribution in [-0.4, -0.2) is 12.0 Å². The van der Waals surface area contributed by atoms with Crippen molar-refractivity contribution in [3.05, 3.63) is 57.6 Å². The van der Waals surface area contributed by atoms with Gasteiger partial charge in [-0.3, -0.25) is 10.1 Å². The number of aryl methyl sites for hydroxylation is 1. The van der Waals surface area contributed by atoms with Gasteiger partial charge in [-0.05, 0) is 30.2 Å². The summed E-state index contributed by atoms with van der Waals surface area (Å²) in [4.78, 5) is 10.6. The van der Waals surface area contributed by atoms with Crippen molar-refractivity contribution in [2.24, 2.45) is 0 Å². The van der Waals surface area contributed by atoms with Crippen LogP contribution in [0.3, 0.4) is 0 Å². The van der Waals surface area contributed by atoms with E-state index in [2.05, 4.69) is 15.9 Å². The fourth-order valence-electron chi connectivity index (χ4n) is 1.88. The minimum Gasteiger partial charge on any atom is -0.497 e. The molecule has 2 aromatic rings. The molecule has 110 valence electrons. The molecule has 0 atom stereocenters. The molecule has 0 bridgehead atoms. The summed E-state index contributed by atoms with van der Waals surface area (Å²) < 4.78 is 10.8. The molecule has 0 aromatic heterocycles. The van der Waals surface area contributed by atoms with Crippen LogP contribution in [0.4, 0.5) is 5.69 Å². The zero-order valence-electron chi connectivity index (χ0n) is 11.6. The fraction of sp³-hybridized carbons (Fsp3) is 0.200. The molecule has 5 nitrogen and oxygen atoms in total. The third kappa shape index (κ3) is 3.52. The van der Waals surface area contributed by atoms with Crippen LogP contribution in [0, 0.1) is 17.0 Å². The third-order valence-corrected chi connectivity index (χ3v) is 3.62. The lowest BCUT2D eigenvalue weighted by atomic mass is 10.1. The van der Waals surface area contributed by atoms with Crippen LogP contribution < -0.4 is 9.47 Å². The van der Waals surface area contributed by atoms with Crippen LogP contribution in [0.15, 0.2) is 36.4 Å². The van der Waals surface area contributed by atoms with Crippen LogP contribution in [-0.2, 0) is 5.33 Å². The monoisotopic (exact) mass is 351 g/mol. The SMILES string of the molecule is COc1ccc([N+](=O)[O-])c(Oc2ccc(CBr)cc2C)c1. The van der Waals surface area contributed by atoms with Crippen molar-refractivity contribution in [1.29, 1.82) is 0 Å². The number of methoxy groups -OCH3 is 1. The molecule has 2 rings (SSSR count). The Morgan fingerprint density at radius 2 is 1.95 bits per heavy atom. The van der Waals surface area contributed by atoms with E-state index >= 15 is 0 Å². The van der Waals surface area contributed by atoms with Crippen LogP contribution >= 0.6 is 15.9 Å². The molecule has 0 amide bonds. The Bertz CT molecular complexity index is 673. The Morgan fingerprint density at radius 1 is 1.19 bits per heavy atom. The first-order chi connectivity index (χ1) is 10.0. The fourth-order valence-corrected chi connectivity index (χ4v) is 2.23. The zero-order chi connectivity index (χ0) is 15.4. The molecule has 0 heterocycles. The number of nitro benzene ring substituents is 1. The van der Waals surface area contributed by atoms with Crippen LogP contribution in [0.1, 0.15) is 11.1 Å². The van der Waals surface area contributed by atoms with Crippen molar-refractivity contribution in [1.82, 2.24) is 0 Å². The van der Waals surface area contributed by atoms with Crippen LogP contribution in [0.2, 0.25) is 0 Å². The first kappa shape index (κ1) is 15.3. The molecular weight excluding hydrogens is 338 g/mol. The summed E-state index contributed by atoms with van der Waals surface area (Å²) in [5, 5.41) is 11.8. The largest absolute Gasteiger partial charge is 0.497 e. The van der Waals surface area contributed by atoms with Crippen molar-refractivity contribution < 1.29 is 14.4 Å². The number of hydrogen-bond donors (Lipinski definition) is 0. The summed E-state index contributed by atoms with van der Waals surface area (Å²) in [6.07, 6.45) is 0. The van der Waals surface area contributed by atoms with Gasteiger partial charge in [-0.25, -0.2) is 0 Å². The molecule has 2 aromatic carbocycles. The molecule has 0 unspecified atom stereocenters. The van der Waals surface area contributed by atoms with Gasteiger partial charge in [0.05, 0.1) is 12.0 Å². The van der Waals surface area contributed by atoms with E-state index in [1.807, 2.05) is 19.1 Å². The van der Waals surface area contributed by atoms with Gasteiger partial charge >= 0.3 is 5.69 Å². The number of hydrogen-bond acceptors (Lipinski definition) is 4. The van der Waals surface area contributed by atoms with Crippen molar-refractivity contribution in [2.75, 3.05) is 7.11 Å². The highest BCUT2D eigenvalue weighted by atomic mass is 79.9. The van der Waals surface area contributed by atoms with Gasteiger partial charge in [0.1, 0.15) is 11.5 Å². The quantitative estimate of drug-likeness (QED) is 0.448. The summed E-state index contributed by atoms with van der Waals surface area (Å²) in [6.45, 7) is 1.90. The maximum Gasteiger partial charge on any atom is 0.311 e. The molecule has 21 heavy (non-hydrogen) atoms. The van der Waals surface area contributed by atoms with Gasteiger partial charge in [0.2, 0.25) is 5.75 Å². The molecule has 0 spiro atoms. The summed E-state index contributed by atoms with van der Waals surface area (Å²) in [7, 11) is 1.50. The van der Waals surface area contributed by atoms with Crippen molar-refractivity contribution in [3.63, 3.8) is 0 Å². The first-order valence-electron chi connectivity index (χ1n) is 6.21. The summed E-state index contributed by atoms with van der Waals surface area (Å²) in [5.74, 6) is 1.25. The molecule has 0 saturated carbocycles. The van der Waals surface area contributed by atoms with Gasteiger partial charge in [0, 0.05) is 17.5 Å². The highest BCUT2D eigenvalue weighted by Crippen LogP contribution is 2.36. The number of rotatable bonds is 5.